The van der Waals surface area contributed by atoms with Gasteiger partial charge in [0, 0.05) is 23.6 Å². The Balaban J connectivity index is 2.33. The van der Waals surface area contributed by atoms with E-state index in [1.807, 2.05) is 11.8 Å². The first-order valence-corrected chi connectivity index (χ1v) is 3.55. The lowest BCUT2D eigenvalue weighted by molar-refractivity contribution is 0.642. The maximum Gasteiger partial charge on any atom is 0.0292 e. The topological polar surface area (TPSA) is 52.0 Å². The molecule has 2 nitrogen and oxygen atoms in total. The van der Waals surface area contributed by atoms with Crippen molar-refractivity contribution in [2.24, 2.45) is 11.5 Å². The normalized spacial score (nSPS) is 42.0. The molecule has 1 fully saturated rings. The van der Waals surface area contributed by atoms with Crippen LogP contribution in [0.25, 0.3) is 0 Å². The molecular formula is C4H10N2S. The minimum atomic E-state index is 0.255. The number of hydrogen-bond acceptors (Lipinski definition) is 3. The van der Waals surface area contributed by atoms with E-state index in [-0.39, 0.29) is 12.1 Å². The molecule has 2 atom stereocenters. The highest BCUT2D eigenvalue weighted by Crippen LogP contribution is 2.13. The second-order valence-electron chi connectivity index (χ2n) is 1.87. The Hall–Kier alpha value is 0.270. The highest BCUT2D eigenvalue weighted by Gasteiger charge is 2.19. The van der Waals surface area contributed by atoms with Crippen LogP contribution in [0.5, 0.6) is 0 Å². The van der Waals surface area contributed by atoms with Crippen LogP contribution in [0.3, 0.4) is 0 Å². The highest BCUT2D eigenvalue weighted by atomic mass is 32.2. The van der Waals surface area contributed by atoms with Crippen molar-refractivity contribution < 1.29 is 0 Å². The number of rotatable bonds is 0. The molecule has 1 rings (SSSR count). The van der Waals surface area contributed by atoms with Crippen molar-refractivity contribution in [2.75, 3.05) is 11.5 Å². The van der Waals surface area contributed by atoms with E-state index in [9.17, 15) is 0 Å². The second kappa shape index (κ2) is 2.03. The number of thioether (sulfide) groups is 1. The maximum absolute atomic E-state index is 5.53. The molecule has 0 saturated carbocycles. The molecule has 3 heteroatoms. The Labute approximate surface area is 47.6 Å². The third-order valence-corrected chi connectivity index (χ3v) is 2.41. The van der Waals surface area contributed by atoms with Gasteiger partial charge in [0.25, 0.3) is 0 Å². The fraction of sp³-hybridized carbons (Fsp3) is 1.00. The first-order valence-electron chi connectivity index (χ1n) is 2.39. The van der Waals surface area contributed by atoms with Crippen molar-refractivity contribution in [3.8, 4) is 0 Å². The summed E-state index contributed by atoms with van der Waals surface area (Å²) < 4.78 is 0. The lowest BCUT2D eigenvalue weighted by Gasteiger charge is -2.04. The summed E-state index contributed by atoms with van der Waals surface area (Å²) in [6.07, 6.45) is 0. The van der Waals surface area contributed by atoms with Gasteiger partial charge in [-0.3, -0.25) is 0 Å². The van der Waals surface area contributed by atoms with Gasteiger partial charge in [-0.1, -0.05) is 0 Å². The SMILES string of the molecule is N[C@@H]1CSC[C@H]1N. The highest BCUT2D eigenvalue weighted by molar-refractivity contribution is 7.99. The minimum Gasteiger partial charge on any atom is -0.326 e. The first-order chi connectivity index (χ1) is 3.30. The van der Waals surface area contributed by atoms with E-state index >= 15 is 0 Å². The molecule has 0 aromatic heterocycles. The van der Waals surface area contributed by atoms with Gasteiger partial charge in [-0.2, -0.15) is 11.8 Å². The Bertz CT molecular complexity index is 58.7. The molecule has 7 heavy (non-hydrogen) atoms. The van der Waals surface area contributed by atoms with E-state index in [1.54, 1.807) is 0 Å². The summed E-state index contributed by atoms with van der Waals surface area (Å²) in [5.74, 6) is 2.09. The molecule has 1 aliphatic heterocycles. The standard InChI is InChI=1S/C4H10N2S/c5-3-1-7-2-4(3)6/h3-4H,1-2,5-6H2/t3-,4-/m1/s1. The summed E-state index contributed by atoms with van der Waals surface area (Å²) in [6.45, 7) is 0. The van der Waals surface area contributed by atoms with Crippen molar-refractivity contribution in [1.82, 2.24) is 0 Å². The summed E-state index contributed by atoms with van der Waals surface area (Å²) in [6, 6.07) is 0.509. The fourth-order valence-corrected chi connectivity index (χ4v) is 1.76. The Morgan fingerprint density at radius 2 is 1.57 bits per heavy atom. The zero-order valence-electron chi connectivity index (χ0n) is 4.13. The molecule has 0 radical (unpaired) electrons. The zero-order chi connectivity index (χ0) is 5.28. The van der Waals surface area contributed by atoms with Crippen LogP contribution in [0.1, 0.15) is 0 Å². The summed E-state index contributed by atoms with van der Waals surface area (Å²) in [5, 5.41) is 0. The third kappa shape index (κ3) is 1.08. The van der Waals surface area contributed by atoms with Crippen LogP contribution in [0, 0.1) is 0 Å². The molecule has 0 amide bonds. The van der Waals surface area contributed by atoms with Crippen LogP contribution in [-0.4, -0.2) is 23.6 Å². The van der Waals surface area contributed by atoms with Crippen molar-refractivity contribution in [3.63, 3.8) is 0 Å². The molecule has 4 N–H and O–H groups in total. The molecule has 1 saturated heterocycles. The van der Waals surface area contributed by atoms with Crippen LogP contribution in [0.15, 0.2) is 0 Å². The van der Waals surface area contributed by atoms with E-state index in [0.29, 0.717) is 0 Å². The average molecular weight is 118 g/mol. The van der Waals surface area contributed by atoms with E-state index in [1.165, 1.54) is 0 Å². The van der Waals surface area contributed by atoms with Crippen LogP contribution < -0.4 is 11.5 Å². The Morgan fingerprint density at radius 3 is 1.71 bits per heavy atom. The maximum atomic E-state index is 5.53. The zero-order valence-corrected chi connectivity index (χ0v) is 4.95. The summed E-state index contributed by atoms with van der Waals surface area (Å²) >= 11 is 1.84. The minimum absolute atomic E-state index is 0.255. The van der Waals surface area contributed by atoms with Gasteiger partial charge in [0.15, 0.2) is 0 Å². The largest absolute Gasteiger partial charge is 0.326 e. The third-order valence-electron chi connectivity index (χ3n) is 1.17. The first kappa shape index (κ1) is 5.41. The summed E-state index contributed by atoms with van der Waals surface area (Å²) in [7, 11) is 0. The van der Waals surface area contributed by atoms with Gasteiger partial charge in [0.2, 0.25) is 0 Å². The quantitative estimate of drug-likeness (QED) is 0.446. The number of nitrogens with two attached hydrogens (primary N) is 2. The van der Waals surface area contributed by atoms with Gasteiger partial charge in [0.05, 0.1) is 0 Å². The molecule has 1 aliphatic rings. The molecule has 0 unspecified atom stereocenters. The average Bonchev–Trinajstić information content (AvgIpc) is 1.91. The Morgan fingerprint density at radius 1 is 1.14 bits per heavy atom. The number of hydrogen-bond donors (Lipinski definition) is 2. The predicted molar refractivity (Wildman–Crippen MR) is 33.3 cm³/mol. The lowest BCUT2D eigenvalue weighted by atomic mass is 10.2. The van der Waals surface area contributed by atoms with Gasteiger partial charge >= 0.3 is 0 Å². The van der Waals surface area contributed by atoms with Gasteiger partial charge in [0.1, 0.15) is 0 Å². The van der Waals surface area contributed by atoms with Gasteiger partial charge in [-0.05, 0) is 0 Å². The van der Waals surface area contributed by atoms with E-state index < -0.39 is 0 Å². The van der Waals surface area contributed by atoms with Gasteiger partial charge in [-0.25, -0.2) is 0 Å². The molecule has 0 aromatic rings. The molecule has 0 bridgehead atoms. The molecule has 0 spiro atoms. The molecular weight excluding hydrogens is 108 g/mol. The lowest BCUT2D eigenvalue weighted by Crippen LogP contribution is -2.39. The molecule has 42 valence electrons. The van der Waals surface area contributed by atoms with Gasteiger partial charge in [-0.15, -0.1) is 0 Å². The second-order valence-corrected chi connectivity index (χ2v) is 2.94. The van der Waals surface area contributed by atoms with Crippen LogP contribution in [0.4, 0.5) is 0 Å². The van der Waals surface area contributed by atoms with Crippen molar-refractivity contribution in [3.05, 3.63) is 0 Å². The van der Waals surface area contributed by atoms with E-state index in [2.05, 4.69) is 0 Å². The summed E-state index contributed by atoms with van der Waals surface area (Å²) in [4.78, 5) is 0. The smallest absolute Gasteiger partial charge is 0.0292 e. The van der Waals surface area contributed by atoms with Crippen LogP contribution in [-0.2, 0) is 0 Å². The van der Waals surface area contributed by atoms with Gasteiger partial charge < -0.3 is 11.5 Å². The van der Waals surface area contributed by atoms with Crippen molar-refractivity contribution >= 4 is 11.8 Å². The fourth-order valence-electron chi connectivity index (χ4n) is 0.587. The molecule has 1 heterocycles. The van der Waals surface area contributed by atoms with Crippen LogP contribution in [0.2, 0.25) is 0 Å². The van der Waals surface area contributed by atoms with E-state index in [0.717, 1.165) is 11.5 Å². The van der Waals surface area contributed by atoms with E-state index in [4.69, 9.17) is 11.5 Å². The molecule has 0 aromatic carbocycles. The molecule has 0 aliphatic carbocycles. The summed E-state index contributed by atoms with van der Waals surface area (Å²) in [5.41, 5.74) is 11.1. The van der Waals surface area contributed by atoms with Crippen molar-refractivity contribution in [2.45, 2.75) is 12.1 Å². The predicted octanol–water partition coefficient (Wildman–Crippen LogP) is -0.612. The Kier molecular flexibility index (Phi) is 1.57. The van der Waals surface area contributed by atoms with Crippen molar-refractivity contribution in [1.29, 1.82) is 0 Å². The van der Waals surface area contributed by atoms with Crippen LogP contribution >= 0.6 is 11.8 Å². The monoisotopic (exact) mass is 118 g/mol.